The van der Waals surface area contributed by atoms with Crippen LogP contribution in [0.3, 0.4) is 0 Å². The minimum atomic E-state index is -0.712. The van der Waals surface area contributed by atoms with E-state index in [0.717, 1.165) is 16.7 Å². The number of nitrogens with two attached hydrogens (primary N) is 1. The van der Waals surface area contributed by atoms with E-state index in [1.807, 2.05) is 30.3 Å². The molecule has 1 amide bonds. The Morgan fingerprint density at radius 2 is 1.88 bits per heavy atom. The number of hydrogen-bond donors (Lipinski definition) is 1. The molecule has 0 bridgehead atoms. The van der Waals surface area contributed by atoms with Gasteiger partial charge in [-0.15, -0.1) is 12.4 Å². The van der Waals surface area contributed by atoms with Crippen LogP contribution in [0.4, 0.5) is 5.69 Å². The number of benzene rings is 2. The Morgan fingerprint density at radius 3 is 2.54 bits per heavy atom. The van der Waals surface area contributed by atoms with Gasteiger partial charge in [0.15, 0.2) is 0 Å². The molecule has 1 aliphatic rings. The van der Waals surface area contributed by atoms with Gasteiger partial charge >= 0.3 is 0 Å². The third kappa shape index (κ3) is 3.55. The van der Waals surface area contributed by atoms with Gasteiger partial charge in [-0.1, -0.05) is 36.4 Å². The third-order valence-corrected chi connectivity index (χ3v) is 4.15. The van der Waals surface area contributed by atoms with Crippen LogP contribution < -0.4 is 5.73 Å². The van der Waals surface area contributed by atoms with Gasteiger partial charge in [-0.2, -0.15) is 0 Å². The second-order valence-corrected chi connectivity index (χ2v) is 5.61. The lowest BCUT2D eigenvalue weighted by Gasteiger charge is -2.30. The van der Waals surface area contributed by atoms with Gasteiger partial charge in [0.2, 0.25) is 5.91 Å². The Morgan fingerprint density at radius 1 is 1.17 bits per heavy atom. The van der Waals surface area contributed by atoms with Gasteiger partial charge in [0, 0.05) is 25.2 Å². The lowest BCUT2D eigenvalue weighted by atomic mass is 9.97. The molecule has 6 nitrogen and oxygen atoms in total. The maximum atomic E-state index is 12.6. The van der Waals surface area contributed by atoms with E-state index in [-0.39, 0.29) is 24.0 Å². The van der Waals surface area contributed by atoms with E-state index in [9.17, 15) is 14.9 Å². The molecular weight excluding hydrogens is 330 g/mol. The number of non-ortho nitro benzene ring substituents is 1. The molecule has 1 unspecified atom stereocenters. The molecule has 126 valence electrons. The third-order valence-electron chi connectivity index (χ3n) is 4.15. The van der Waals surface area contributed by atoms with Crippen molar-refractivity contribution in [3.8, 4) is 0 Å². The molecule has 0 spiro atoms. The number of halogens is 1. The number of carbonyl (C=O) groups is 1. The van der Waals surface area contributed by atoms with Crippen molar-refractivity contribution in [3.63, 3.8) is 0 Å². The summed E-state index contributed by atoms with van der Waals surface area (Å²) in [6.45, 7) is 0.931. The number of nitro benzene ring substituents is 1. The second kappa shape index (κ2) is 7.42. The first-order chi connectivity index (χ1) is 11.1. The van der Waals surface area contributed by atoms with Crippen molar-refractivity contribution >= 4 is 24.0 Å². The summed E-state index contributed by atoms with van der Waals surface area (Å²) < 4.78 is 0. The van der Waals surface area contributed by atoms with E-state index in [1.54, 1.807) is 17.0 Å². The van der Waals surface area contributed by atoms with Crippen LogP contribution in [0.15, 0.2) is 48.5 Å². The maximum absolute atomic E-state index is 12.6. The number of nitrogens with zero attached hydrogens (tertiary/aromatic N) is 2. The molecule has 1 aliphatic heterocycles. The largest absolute Gasteiger partial charge is 0.336 e. The van der Waals surface area contributed by atoms with Gasteiger partial charge in [0.25, 0.3) is 5.69 Å². The minimum absolute atomic E-state index is 0. The van der Waals surface area contributed by atoms with Gasteiger partial charge < -0.3 is 10.6 Å². The zero-order chi connectivity index (χ0) is 16.4. The average Bonchev–Trinajstić information content (AvgIpc) is 2.60. The summed E-state index contributed by atoms with van der Waals surface area (Å²) >= 11 is 0. The first kappa shape index (κ1) is 17.9. The van der Waals surface area contributed by atoms with Crippen LogP contribution in [-0.4, -0.2) is 22.3 Å². The first-order valence-corrected chi connectivity index (χ1v) is 7.42. The topological polar surface area (TPSA) is 89.5 Å². The molecule has 0 saturated heterocycles. The first-order valence-electron chi connectivity index (χ1n) is 7.42. The highest BCUT2D eigenvalue weighted by Gasteiger charge is 2.26. The highest BCUT2D eigenvalue weighted by atomic mass is 35.5. The SMILES string of the molecule is Cl.NC(C(=O)N1CCc2ccc([N+](=O)[O-])cc2C1)c1ccccc1. The van der Waals surface area contributed by atoms with Crippen molar-refractivity contribution in [2.45, 2.75) is 19.0 Å². The fraction of sp³-hybridized carbons (Fsp3) is 0.235. The van der Waals surface area contributed by atoms with Crippen LogP contribution in [0, 0.1) is 10.1 Å². The maximum Gasteiger partial charge on any atom is 0.269 e. The molecular formula is C17H18ClN3O3. The van der Waals surface area contributed by atoms with E-state index in [2.05, 4.69) is 0 Å². The van der Waals surface area contributed by atoms with Crippen LogP contribution in [0.5, 0.6) is 0 Å². The van der Waals surface area contributed by atoms with Gasteiger partial charge in [-0.3, -0.25) is 14.9 Å². The predicted molar refractivity (Wildman–Crippen MR) is 92.8 cm³/mol. The summed E-state index contributed by atoms with van der Waals surface area (Å²) in [4.78, 5) is 24.7. The Kier molecular flexibility index (Phi) is 5.54. The minimum Gasteiger partial charge on any atom is -0.336 e. The molecule has 2 N–H and O–H groups in total. The van der Waals surface area contributed by atoms with E-state index >= 15 is 0 Å². The van der Waals surface area contributed by atoms with Gasteiger partial charge in [-0.25, -0.2) is 0 Å². The molecule has 1 atom stereocenters. The summed E-state index contributed by atoms with van der Waals surface area (Å²) in [6, 6.07) is 13.3. The van der Waals surface area contributed by atoms with Crippen molar-refractivity contribution in [2.75, 3.05) is 6.54 Å². The van der Waals surface area contributed by atoms with Crippen molar-refractivity contribution in [1.29, 1.82) is 0 Å². The van der Waals surface area contributed by atoms with Crippen molar-refractivity contribution in [1.82, 2.24) is 4.90 Å². The molecule has 2 aromatic carbocycles. The van der Waals surface area contributed by atoms with E-state index < -0.39 is 11.0 Å². The molecule has 0 fully saturated rings. The molecule has 0 aromatic heterocycles. The van der Waals surface area contributed by atoms with Crippen LogP contribution in [-0.2, 0) is 17.8 Å². The lowest BCUT2D eigenvalue weighted by Crippen LogP contribution is -2.41. The molecule has 2 aromatic rings. The predicted octanol–water partition coefficient (Wildman–Crippen LogP) is 2.60. The molecule has 1 heterocycles. The number of rotatable bonds is 3. The van der Waals surface area contributed by atoms with E-state index in [0.29, 0.717) is 19.5 Å². The summed E-state index contributed by atoms with van der Waals surface area (Å²) in [5, 5.41) is 10.9. The summed E-state index contributed by atoms with van der Waals surface area (Å²) in [5.41, 5.74) is 8.75. The second-order valence-electron chi connectivity index (χ2n) is 5.61. The highest BCUT2D eigenvalue weighted by Crippen LogP contribution is 2.25. The number of nitro groups is 1. The molecule has 24 heavy (non-hydrogen) atoms. The highest BCUT2D eigenvalue weighted by molar-refractivity contribution is 5.85. The Balaban J connectivity index is 0.00000208. The Labute approximate surface area is 145 Å². The van der Waals surface area contributed by atoms with Crippen molar-refractivity contribution in [3.05, 3.63) is 75.3 Å². The van der Waals surface area contributed by atoms with E-state index in [1.165, 1.54) is 6.07 Å². The Bertz CT molecular complexity index is 752. The van der Waals surface area contributed by atoms with Crippen molar-refractivity contribution in [2.24, 2.45) is 5.73 Å². The molecule has 3 rings (SSSR count). The van der Waals surface area contributed by atoms with Crippen molar-refractivity contribution < 1.29 is 9.72 Å². The standard InChI is InChI=1S/C17H17N3O3.ClH/c18-16(13-4-2-1-3-5-13)17(21)19-9-8-12-6-7-15(20(22)23)10-14(12)11-19;/h1-7,10,16H,8-9,11,18H2;1H. The number of hydrogen-bond acceptors (Lipinski definition) is 4. The fourth-order valence-corrected chi connectivity index (χ4v) is 2.84. The summed E-state index contributed by atoms with van der Waals surface area (Å²) in [7, 11) is 0. The summed E-state index contributed by atoms with van der Waals surface area (Å²) in [5.74, 6) is -0.159. The average molecular weight is 348 g/mol. The molecule has 0 radical (unpaired) electrons. The monoisotopic (exact) mass is 347 g/mol. The molecule has 0 aliphatic carbocycles. The lowest BCUT2D eigenvalue weighted by molar-refractivity contribution is -0.385. The van der Waals surface area contributed by atoms with E-state index in [4.69, 9.17) is 5.73 Å². The van der Waals surface area contributed by atoms with Gasteiger partial charge in [0.05, 0.1) is 4.92 Å². The van der Waals surface area contributed by atoms with Crippen LogP contribution in [0.2, 0.25) is 0 Å². The van der Waals surface area contributed by atoms with Gasteiger partial charge in [-0.05, 0) is 23.1 Å². The number of carbonyl (C=O) groups excluding carboxylic acids is 1. The fourth-order valence-electron chi connectivity index (χ4n) is 2.84. The van der Waals surface area contributed by atoms with Gasteiger partial charge in [0.1, 0.15) is 6.04 Å². The number of amides is 1. The van der Waals surface area contributed by atoms with Crippen LogP contribution >= 0.6 is 12.4 Å². The summed E-state index contributed by atoms with van der Waals surface area (Å²) in [6.07, 6.45) is 0.681. The molecule has 7 heteroatoms. The van der Waals surface area contributed by atoms with Crippen LogP contribution in [0.25, 0.3) is 0 Å². The van der Waals surface area contributed by atoms with Crippen LogP contribution in [0.1, 0.15) is 22.7 Å². The Hall–Kier alpha value is -2.44. The zero-order valence-corrected chi connectivity index (χ0v) is 13.7. The molecule has 0 saturated carbocycles. The number of fused-ring (bicyclic) bond motifs is 1. The normalized spacial score (nSPS) is 14.3. The zero-order valence-electron chi connectivity index (χ0n) is 12.9. The smallest absolute Gasteiger partial charge is 0.269 e. The quantitative estimate of drug-likeness (QED) is 0.682.